The highest BCUT2D eigenvalue weighted by Crippen LogP contribution is 2.85. The van der Waals surface area contributed by atoms with Crippen molar-refractivity contribution in [3.8, 4) is 0 Å². The summed E-state index contributed by atoms with van der Waals surface area (Å²) in [7, 11) is 0. The summed E-state index contributed by atoms with van der Waals surface area (Å²) < 4.78 is 0. The molecular formula is C6H7N. The highest BCUT2D eigenvalue weighted by Gasteiger charge is 2.89. The lowest BCUT2D eigenvalue weighted by Gasteiger charge is -1.95. The van der Waals surface area contributed by atoms with Gasteiger partial charge in [0.05, 0.1) is 0 Å². The summed E-state index contributed by atoms with van der Waals surface area (Å²) in [6.45, 7) is 0. The molecule has 1 heterocycles. The fourth-order valence-corrected chi connectivity index (χ4v) is 2.96. The van der Waals surface area contributed by atoms with Crippen LogP contribution in [0.3, 0.4) is 0 Å². The standard InChI is InChI=1S/C6H7N/c7-5-3-1-2(3)4(1)6(5)7/h1-7H/t1?,2?,3?,4?,5-,6+. The highest BCUT2D eigenvalue weighted by atomic mass is 15.3. The molecule has 0 spiro atoms. The van der Waals surface area contributed by atoms with Crippen molar-refractivity contribution in [1.82, 2.24) is 5.32 Å². The molecule has 4 aliphatic carbocycles. The van der Waals surface area contributed by atoms with Gasteiger partial charge >= 0.3 is 0 Å². The summed E-state index contributed by atoms with van der Waals surface area (Å²) in [6, 6.07) is 2.08. The maximum Gasteiger partial charge on any atom is 0.0261 e. The minimum Gasteiger partial charge on any atom is -0.308 e. The van der Waals surface area contributed by atoms with Gasteiger partial charge in [-0.05, 0) is 23.7 Å². The largest absolute Gasteiger partial charge is 0.308 e. The summed E-state index contributed by atoms with van der Waals surface area (Å²) in [5.41, 5.74) is 0. The first-order valence-electron chi connectivity index (χ1n) is 3.24. The smallest absolute Gasteiger partial charge is 0.0261 e. The average Bonchev–Trinajstić information content (AvgIpc) is 2.43. The van der Waals surface area contributed by atoms with E-state index in [9.17, 15) is 0 Å². The maximum absolute atomic E-state index is 3.49. The van der Waals surface area contributed by atoms with E-state index in [2.05, 4.69) is 5.32 Å². The molecule has 1 saturated heterocycles. The van der Waals surface area contributed by atoms with Crippen LogP contribution < -0.4 is 5.32 Å². The van der Waals surface area contributed by atoms with Gasteiger partial charge in [0.1, 0.15) is 0 Å². The fraction of sp³-hybridized carbons (Fsp3) is 1.00. The minimum atomic E-state index is 1.04. The summed E-state index contributed by atoms with van der Waals surface area (Å²) in [4.78, 5) is 0. The molecule has 1 aliphatic heterocycles. The van der Waals surface area contributed by atoms with Crippen molar-refractivity contribution in [2.24, 2.45) is 23.7 Å². The first kappa shape index (κ1) is 2.49. The molecule has 36 valence electrons. The maximum atomic E-state index is 3.49. The molecule has 0 aromatic rings. The molecule has 1 heteroatoms. The van der Waals surface area contributed by atoms with E-state index >= 15 is 0 Å². The van der Waals surface area contributed by atoms with E-state index in [0.29, 0.717) is 0 Å². The molecule has 0 radical (unpaired) electrons. The summed E-state index contributed by atoms with van der Waals surface area (Å²) in [6.07, 6.45) is 0. The number of hydrogen-bond acceptors (Lipinski definition) is 1. The van der Waals surface area contributed by atoms with E-state index < -0.39 is 0 Å². The van der Waals surface area contributed by atoms with Gasteiger partial charge in [0.15, 0.2) is 0 Å². The van der Waals surface area contributed by atoms with Gasteiger partial charge in [0.25, 0.3) is 0 Å². The van der Waals surface area contributed by atoms with Crippen molar-refractivity contribution in [2.75, 3.05) is 0 Å². The zero-order chi connectivity index (χ0) is 4.17. The lowest BCUT2D eigenvalue weighted by atomic mass is 10.2. The van der Waals surface area contributed by atoms with Crippen molar-refractivity contribution in [3.63, 3.8) is 0 Å². The molecule has 0 aromatic carbocycles. The molecule has 0 amide bonds. The lowest BCUT2D eigenvalue weighted by Crippen LogP contribution is -2.05. The second kappa shape index (κ2) is 0.408. The van der Waals surface area contributed by atoms with E-state index in [-0.39, 0.29) is 0 Å². The minimum absolute atomic E-state index is 1.04. The van der Waals surface area contributed by atoms with Crippen LogP contribution in [0.15, 0.2) is 0 Å². The van der Waals surface area contributed by atoms with Crippen molar-refractivity contribution < 1.29 is 0 Å². The van der Waals surface area contributed by atoms with Crippen LogP contribution in [0.4, 0.5) is 0 Å². The van der Waals surface area contributed by atoms with Crippen molar-refractivity contribution >= 4 is 0 Å². The third-order valence-electron chi connectivity index (χ3n) is 3.43. The van der Waals surface area contributed by atoms with Crippen LogP contribution >= 0.6 is 0 Å². The molecule has 1 nitrogen and oxygen atoms in total. The van der Waals surface area contributed by atoms with Crippen LogP contribution in [-0.2, 0) is 0 Å². The van der Waals surface area contributed by atoms with E-state index in [0.717, 1.165) is 12.1 Å². The summed E-state index contributed by atoms with van der Waals surface area (Å²) in [5, 5.41) is 3.49. The topological polar surface area (TPSA) is 21.9 Å². The van der Waals surface area contributed by atoms with Crippen molar-refractivity contribution in [2.45, 2.75) is 12.1 Å². The van der Waals surface area contributed by atoms with Gasteiger partial charge in [-0.25, -0.2) is 0 Å². The Balaban J connectivity index is 2.09. The fourth-order valence-electron chi connectivity index (χ4n) is 2.96. The van der Waals surface area contributed by atoms with Crippen LogP contribution in [-0.4, -0.2) is 12.1 Å². The van der Waals surface area contributed by atoms with Crippen LogP contribution in [0.5, 0.6) is 0 Å². The Hall–Kier alpha value is -0.0400. The Bertz CT molecular complexity index is 136. The van der Waals surface area contributed by atoms with Gasteiger partial charge in [0, 0.05) is 12.1 Å². The molecule has 4 atom stereocenters. The Labute approximate surface area is 42.1 Å². The van der Waals surface area contributed by atoms with Crippen LogP contribution in [0.25, 0.3) is 0 Å². The third kappa shape index (κ3) is 0.104. The number of rotatable bonds is 0. The first-order chi connectivity index (χ1) is 3.48. The average molecular weight is 93.1 g/mol. The monoisotopic (exact) mass is 93.1 g/mol. The highest BCUT2D eigenvalue weighted by molar-refractivity contribution is 5.41. The normalized spacial score (nSPS) is 96.0. The first-order valence-corrected chi connectivity index (χ1v) is 3.24. The quantitative estimate of drug-likeness (QED) is 0.413. The molecule has 5 aliphatic rings. The molecule has 7 heavy (non-hydrogen) atoms. The second-order valence-electron chi connectivity index (χ2n) is 3.53. The third-order valence-corrected chi connectivity index (χ3v) is 3.43. The van der Waals surface area contributed by atoms with Gasteiger partial charge in [-0.15, -0.1) is 0 Å². The van der Waals surface area contributed by atoms with Gasteiger partial charge < -0.3 is 5.32 Å². The van der Waals surface area contributed by atoms with E-state index in [1.807, 2.05) is 0 Å². The summed E-state index contributed by atoms with van der Waals surface area (Å²) >= 11 is 0. The van der Waals surface area contributed by atoms with Gasteiger partial charge in [-0.2, -0.15) is 0 Å². The Morgan fingerprint density at radius 2 is 1.29 bits per heavy atom. The molecule has 2 bridgehead atoms. The summed E-state index contributed by atoms with van der Waals surface area (Å²) in [5.74, 6) is 4.93. The molecular weight excluding hydrogens is 86.1 g/mol. The predicted molar refractivity (Wildman–Crippen MR) is 24.7 cm³/mol. The molecule has 1 N–H and O–H groups in total. The molecule has 5 rings (SSSR count). The SMILES string of the molecule is N1[C@@H]2C3C4C3C4[C@H]12. The Morgan fingerprint density at radius 1 is 0.714 bits per heavy atom. The molecule has 4 saturated carbocycles. The van der Waals surface area contributed by atoms with Gasteiger partial charge in [-0.1, -0.05) is 0 Å². The van der Waals surface area contributed by atoms with Crippen LogP contribution in [0, 0.1) is 23.7 Å². The van der Waals surface area contributed by atoms with E-state index in [1.54, 1.807) is 0 Å². The lowest BCUT2D eigenvalue weighted by molar-refractivity contribution is 0.542. The van der Waals surface area contributed by atoms with Gasteiger partial charge in [0.2, 0.25) is 0 Å². The van der Waals surface area contributed by atoms with E-state index in [4.69, 9.17) is 0 Å². The number of hydrogen-bond donors (Lipinski definition) is 1. The molecule has 2 unspecified atom stereocenters. The van der Waals surface area contributed by atoms with Crippen molar-refractivity contribution in [1.29, 1.82) is 0 Å². The van der Waals surface area contributed by atoms with Gasteiger partial charge in [-0.3, -0.25) is 0 Å². The zero-order valence-electron chi connectivity index (χ0n) is 3.96. The Kier molecular flexibility index (Phi) is 0.145. The number of piperidine rings is 2. The van der Waals surface area contributed by atoms with Crippen LogP contribution in [0.2, 0.25) is 0 Å². The predicted octanol–water partition coefficient (Wildman–Crippen LogP) is -0.168. The van der Waals surface area contributed by atoms with E-state index in [1.165, 1.54) is 23.7 Å². The van der Waals surface area contributed by atoms with Crippen molar-refractivity contribution in [3.05, 3.63) is 0 Å². The molecule has 5 fully saturated rings. The molecule has 0 aromatic heterocycles. The Morgan fingerprint density at radius 3 is 1.57 bits per heavy atom. The number of nitrogens with one attached hydrogen (secondary N) is 1. The van der Waals surface area contributed by atoms with Crippen LogP contribution in [0.1, 0.15) is 0 Å². The second-order valence-corrected chi connectivity index (χ2v) is 3.53. The zero-order valence-corrected chi connectivity index (χ0v) is 3.96.